The molecule has 0 radical (unpaired) electrons. The normalized spacial score (nSPS) is 20.0. The van der Waals surface area contributed by atoms with Crippen molar-refractivity contribution in [3.8, 4) is 0 Å². The van der Waals surface area contributed by atoms with E-state index in [-0.39, 0.29) is 5.91 Å². The van der Waals surface area contributed by atoms with E-state index in [1.165, 1.54) is 0 Å². The van der Waals surface area contributed by atoms with Crippen LogP contribution in [0.25, 0.3) is 0 Å². The van der Waals surface area contributed by atoms with E-state index in [0.29, 0.717) is 19.1 Å². The van der Waals surface area contributed by atoms with Crippen molar-refractivity contribution in [3.05, 3.63) is 12.2 Å². The quantitative estimate of drug-likeness (QED) is 0.641. The minimum Gasteiger partial charge on any atom is -0.378 e. The minimum atomic E-state index is 0.119. The molecule has 1 amide bonds. The Balaban J connectivity index is 2.36. The van der Waals surface area contributed by atoms with Gasteiger partial charge in [0.2, 0.25) is 5.91 Å². The van der Waals surface area contributed by atoms with Gasteiger partial charge in [-0.3, -0.25) is 4.79 Å². The number of hydrogen-bond donors (Lipinski definition) is 0. The van der Waals surface area contributed by atoms with Gasteiger partial charge in [0.1, 0.15) is 0 Å². The van der Waals surface area contributed by atoms with Gasteiger partial charge in [-0.1, -0.05) is 26.3 Å². The Kier molecular flexibility index (Phi) is 4.66. The maximum Gasteiger partial charge on any atom is 0.246 e. The molecule has 0 saturated carbocycles. The lowest BCUT2D eigenvalue weighted by atomic mass is 10.1. The number of morpholine rings is 1. The Morgan fingerprint density at radius 2 is 2.14 bits per heavy atom. The molecule has 1 heterocycles. The summed E-state index contributed by atoms with van der Waals surface area (Å²) in [6.45, 7) is 7.02. The van der Waals surface area contributed by atoms with Crippen molar-refractivity contribution in [1.82, 2.24) is 4.90 Å². The summed E-state index contributed by atoms with van der Waals surface area (Å²) in [6.07, 6.45) is 4.75. The number of amides is 1. The summed E-state index contributed by atoms with van der Waals surface area (Å²) in [5.41, 5.74) is 0. The van der Waals surface area contributed by atoms with Crippen LogP contribution in [0.2, 0.25) is 0 Å². The predicted octanol–water partition coefficient (Wildman–Crippen LogP) is 1.45. The lowest BCUT2D eigenvalue weighted by molar-refractivity contribution is -0.130. The van der Waals surface area contributed by atoms with E-state index in [2.05, 4.69) is 13.8 Å². The van der Waals surface area contributed by atoms with Gasteiger partial charge in [-0.2, -0.15) is 0 Å². The molecule has 1 aliphatic rings. The van der Waals surface area contributed by atoms with Crippen molar-refractivity contribution in [1.29, 1.82) is 0 Å². The molecule has 0 bridgehead atoms. The Bertz CT molecular complexity index is 207. The van der Waals surface area contributed by atoms with Crippen LogP contribution in [0, 0.1) is 5.92 Å². The maximum atomic E-state index is 11.6. The standard InChI is InChI=1S/C11H19NO2/c1-3-10(2)4-5-11(13)12-6-8-14-9-7-12/h4-5,10H,3,6-9H2,1-2H3/b5-4+. The highest BCUT2D eigenvalue weighted by Crippen LogP contribution is 2.04. The van der Waals surface area contributed by atoms with Crippen LogP contribution in [0.5, 0.6) is 0 Å². The van der Waals surface area contributed by atoms with Gasteiger partial charge in [-0.05, 0) is 12.0 Å². The molecule has 80 valence electrons. The summed E-state index contributed by atoms with van der Waals surface area (Å²) in [4.78, 5) is 13.4. The number of nitrogens with zero attached hydrogens (tertiary/aromatic N) is 1. The summed E-state index contributed by atoms with van der Waals surface area (Å²) < 4.78 is 5.18. The Morgan fingerprint density at radius 1 is 1.50 bits per heavy atom. The average molecular weight is 197 g/mol. The number of rotatable bonds is 3. The van der Waals surface area contributed by atoms with Crippen LogP contribution in [-0.4, -0.2) is 37.1 Å². The van der Waals surface area contributed by atoms with Gasteiger partial charge in [-0.25, -0.2) is 0 Å². The van der Waals surface area contributed by atoms with E-state index < -0.39 is 0 Å². The smallest absolute Gasteiger partial charge is 0.246 e. The van der Waals surface area contributed by atoms with E-state index in [1.807, 2.05) is 11.0 Å². The fourth-order valence-corrected chi connectivity index (χ4v) is 1.27. The van der Waals surface area contributed by atoms with Crippen LogP contribution >= 0.6 is 0 Å². The molecule has 1 aliphatic heterocycles. The van der Waals surface area contributed by atoms with Gasteiger partial charge < -0.3 is 9.64 Å². The summed E-state index contributed by atoms with van der Waals surface area (Å²) >= 11 is 0. The van der Waals surface area contributed by atoms with Gasteiger partial charge in [0, 0.05) is 13.1 Å². The zero-order chi connectivity index (χ0) is 10.4. The van der Waals surface area contributed by atoms with E-state index in [4.69, 9.17) is 4.74 Å². The molecule has 0 aliphatic carbocycles. The molecule has 0 N–H and O–H groups in total. The number of carbonyl (C=O) groups is 1. The van der Waals surface area contributed by atoms with Gasteiger partial charge in [-0.15, -0.1) is 0 Å². The SMILES string of the molecule is CCC(C)/C=C/C(=O)N1CCOCC1. The van der Waals surface area contributed by atoms with Crippen LogP contribution in [0.3, 0.4) is 0 Å². The van der Waals surface area contributed by atoms with Crippen LogP contribution in [0.15, 0.2) is 12.2 Å². The molecular formula is C11H19NO2. The maximum absolute atomic E-state index is 11.6. The monoisotopic (exact) mass is 197 g/mol. The van der Waals surface area contributed by atoms with Gasteiger partial charge in [0.05, 0.1) is 13.2 Å². The lowest BCUT2D eigenvalue weighted by Gasteiger charge is -2.25. The van der Waals surface area contributed by atoms with Crippen molar-refractivity contribution < 1.29 is 9.53 Å². The van der Waals surface area contributed by atoms with Crippen molar-refractivity contribution in [2.45, 2.75) is 20.3 Å². The molecule has 1 fully saturated rings. The van der Waals surface area contributed by atoms with Crippen LogP contribution in [-0.2, 0) is 9.53 Å². The second kappa shape index (κ2) is 5.81. The number of allylic oxidation sites excluding steroid dienone is 1. The van der Waals surface area contributed by atoms with Crippen molar-refractivity contribution in [2.24, 2.45) is 5.92 Å². The highest BCUT2D eigenvalue weighted by molar-refractivity contribution is 5.87. The van der Waals surface area contributed by atoms with E-state index in [0.717, 1.165) is 19.5 Å². The number of hydrogen-bond acceptors (Lipinski definition) is 2. The summed E-state index contributed by atoms with van der Waals surface area (Å²) in [5.74, 6) is 0.605. The molecule has 1 unspecified atom stereocenters. The minimum absolute atomic E-state index is 0.119. The molecule has 1 atom stereocenters. The third-order valence-electron chi connectivity index (χ3n) is 2.53. The molecule has 0 aromatic heterocycles. The molecule has 0 aromatic carbocycles. The molecule has 14 heavy (non-hydrogen) atoms. The van der Waals surface area contributed by atoms with Crippen molar-refractivity contribution >= 4 is 5.91 Å². The number of carbonyl (C=O) groups excluding carboxylic acids is 1. The summed E-state index contributed by atoms with van der Waals surface area (Å²) in [7, 11) is 0. The third kappa shape index (κ3) is 3.50. The van der Waals surface area contributed by atoms with E-state index in [1.54, 1.807) is 6.08 Å². The van der Waals surface area contributed by atoms with Crippen LogP contribution in [0.1, 0.15) is 20.3 Å². The zero-order valence-electron chi connectivity index (χ0n) is 9.03. The summed E-state index contributed by atoms with van der Waals surface area (Å²) in [6, 6.07) is 0. The fourth-order valence-electron chi connectivity index (χ4n) is 1.27. The Hall–Kier alpha value is -0.830. The molecule has 1 rings (SSSR count). The van der Waals surface area contributed by atoms with Gasteiger partial charge >= 0.3 is 0 Å². The topological polar surface area (TPSA) is 29.5 Å². The van der Waals surface area contributed by atoms with Crippen molar-refractivity contribution in [3.63, 3.8) is 0 Å². The van der Waals surface area contributed by atoms with E-state index >= 15 is 0 Å². The molecule has 3 heteroatoms. The number of ether oxygens (including phenoxy) is 1. The first kappa shape index (κ1) is 11.2. The van der Waals surface area contributed by atoms with Crippen LogP contribution in [0.4, 0.5) is 0 Å². The van der Waals surface area contributed by atoms with Crippen LogP contribution < -0.4 is 0 Å². The Labute approximate surface area is 85.7 Å². The molecule has 0 aromatic rings. The zero-order valence-corrected chi connectivity index (χ0v) is 9.03. The van der Waals surface area contributed by atoms with E-state index in [9.17, 15) is 4.79 Å². The molecule has 3 nitrogen and oxygen atoms in total. The summed E-state index contributed by atoms with van der Waals surface area (Å²) in [5, 5.41) is 0. The molecule has 1 saturated heterocycles. The predicted molar refractivity (Wildman–Crippen MR) is 56.0 cm³/mol. The second-order valence-electron chi connectivity index (χ2n) is 3.68. The second-order valence-corrected chi connectivity index (χ2v) is 3.68. The average Bonchev–Trinajstić information content (AvgIpc) is 2.26. The first-order valence-corrected chi connectivity index (χ1v) is 5.29. The lowest BCUT2D eigenvalue weighted by Crippen LogP contribution is -2.39. The first-order valence-electron chi connectivity index (χ1n) is 5.29. The molecular weight excluding hydrogens is 178 g/mol. The van der Waals surface area contributed by atoms with Crippen molar-refractivity contribution in [2.75, 3.05) is 26.3 Å². The highest BCUT2D eigenvalue weighted by Gasteiger charge is 2.13. The first-order chi connectivity index (χ1) is 6.74. The van der Waals surface area contributed by atoms with Gasteiger partial charge in [0.25, 0.3) is 0 Å². The highest BCUT2D eigenvalue weighted by atomic mass is 16.5. The molecule has 0 spiro atoms. The fraction of sp³-hybridized carbons (Fsp3) is 0.727. The van der Waals surface area contributed by atoms with Gasteiger partial charge in [0.15, 0.2) is 0 Å². The Morgan fingerprint density at radius 3 is 2.71 bits per heavy atom. The largest absolute Gasteiger partial charge is 0.378 e. The third-order valence-corrected chi connectivity index (χ3v) is 2.53.